The standard InChI is InChI=1S/C7H4F3I/c8-7(9,10)5-2-1-3-6(11)4-5/h1-4H/i1D,2D,3D,4D. The molecule has 0 aliphatic carbocycles. The number of hydrogen-bond donors (Lipinski definition) is 0. The Morgan fingerprint density at radius 1 is 1.36 bits per heavy atom. The van der Waals surface area contributed by atoms with E-state index in [0.29, 0.717) is 0 Å². The molecule has 1 aromatic rings. The molecule has 0 fully saturated rings. The molecule has 0 aliphatic heterocycles. The summed E-state index contributed by atoms with van der Waals surface area (Å²) in [5.74, 6) is 0. The fourth-order valence-corrected chi connectivity index (χ4v) is 0.867. The van der Waals surface area contributed by atoms with Gasteiger partial charge >= 0.3 is 6.18 Å². The minimum atomic E-state index is -4.84. The summed E-state index contributed by atoms with van der Waals surface area (Å²) in [5, 5.41) is 0. The lowest BCUT2D eigenvalue weighted by Gasteiger charge is -2.05. The lowest BCUT2D eigenvalue weighted by molar-refractivity contribution is -0.137. The van der Waals surface area contributed by atoms with Crippen molar-refractivity contribution in [2.45, 2.75) is 6.18 Å². The molecule has 0 atom stereocenters. The molecule has 1 aromatic carbocycles. The summed E-state index contributed by atoms with van der Waals surface area (Å²) in [7, 11) is 0. The van der Waals surface area contributed by atoms with Gasteiger partial charge in [-0.15, -0.1) is 0 Å². The van der Waals surface area contributed by atoms with Crippen molar-refractivity contribution in [3.8, 4) is 0 Å². The van der Waals surface area contributed by atoms with E-state index in [4.69, 9.17) is 5.48 Å². The van der Waals surface area contributed by atoms with Crippen LogP contribution >= 0.6 is 22.6 Å². The molecule has 0 saturated heterocycles. The highest BCUT2D eigenvalue weighted by atomic mass is 127. The first-order chi connectivity index (χ1) is 6.68. The smallest absolute Gasteiger partial charge is 0.166 e. The SMILES string of the molecule is [2H]c1c([2H])c(I)c([2H])c(C(F)(F)F)c1[2H]. The van der Waals surface area contributed by atoms with Crippen LogP contribution in [0.2, 0.25) is 0 Å². The average Bonchev–Trinajstić information content (AvgIpc) is 2.09. The molecule has 0 amide bonds. The van der Waals surface area contributed by atoms with Crippen LogP contribution in [0.1, 0.15) is 11.0 Å². The van der Waals surface area contributed by atoms with E-state index in [1.165, 1.54) is 22.6 Å². The summed E-state index contributed by atoms with van der Waals surface area (Å²) in [6.45, 7) is 0. The molecule has 0 bridgehead atoms. The molecule has 11 heavy (non-hydrogen) atoms. The minimum Gasteiger partial charge on any atom is -0.166 e. The highest BCUT2D eigenvalue weighted by molar-refractivity contribution is 14.1. The van der Waals surface area contributed by atoms with E-state index in [0.717, 1.165) is 0 Å². The van der Waals surface area contributed by atoms with Crippen molar-refractivity contribution in [2.75, 3.05) is 0 Å². The van der Waals surface area contributed by atoms with Crippen molar-refractivity contribution < 1.29 is 18.7 Å². The van der Waals surface area contributed by atoms with Gasteiger partial charge in [-0.2, -0.15) is 13.2 Å². The second-order valence-corrected chi connectivity index (χ2v) is 2.77. The normalized spacial score (nSPS) is 16.7. The fraction of sp³-hybridized carbons (Fsp3) is 0.143. The van der Waals surface area contributed by atoms with Gasteiger partial charge in [0, 0.05) is 3.57 Å². The van der Waals surface area contributed by atoms with Crippen LogP contribution in [0, 0.1) is 3.57 Å². The van der Waals surface area contributed by atoms with Gasteiger partial charge in [0.1, 0.15) is 0 Å². The van der Waals surface area contributed by atoms with Crippen LogP contribution in [0.25, 0.3) is 0 Å². The van der Waals surface area contributed by atoms with Crippen molar-refractivity contribution in [3.63, 3.8) is 0 Å². The molecule has 0 radical (unpaired) electrons. The summed E-state index contributed by atoms with van der Waals surface area (Å²) >= 11 is 1.40. The summed E-state index contributed by atoms with van der Waals surface area (Å²) in [6, 6.07) is -3.34. The number of rotatable bonds is 0. The van der Waals surface area contributed by atoms with E-state index in [-0.39, 0.29) is 3.57 Å². The van der Waals surface area contributed by atoms with Crippen LogP contribution in [0.3, 0.4) is 0 Å². The first-order valence-corrected chi connectivity index (χ1v) is 3.58. The summed E-state index contributed by atoms with van der Waals surface area (Å²) < 4.78 is 65.6. The Balaban J connectivity index is 3.68. The highest BCUT2D eigenvalue weighted by Crippen LogP contribution is 2.29. The number of benzene rings is 1. The Kier molecular flexibility index (Phi) is 1.28. The van der Waals surface area contributed by atoms with E-state index in [9.17, 15) is 13.2 Å². The number of alkyl halides is 3. The Hall–Kier alpha value is -0.260. The molecular weight excluding hydrogens is 268 g/mol. The summed E-state index contributed by atoms with van der Waals surface area (Å²) in [4.78, 5) is 0. The van der Waals surface area contributed by atoms with Gasteiger partial charge in [0.25, 0.3) is 0 Å². The zero-order valence-corrected chi connectivity index (χ0v) is 7.17. The van der Waals surface area contributed by atoms with Gasteiger partial charge in [-0.3, -0.25) is 0 Å². The number of halogens is 4. The maximum atomic E-state index is 12.4. The first-order valence-electron chi connectivity index (χ1n) is 4.51. The van der Waals surface area contributed by atoms with E-state index >= 15 is 0 Å². The molecule has 1 rings (SSSR count). The van der Waals surface area contributed by atoms with E-state index in [1.807, 2.05) is 0 Å². The minimum absolute atomic E-state index is 0.263. The van der Waals surface area contributed by atoms with Crippen LogP contribution in [0.5, 0.6) is 0 Å². The molecule has 0 heterocycles. The molecule has 0 nitrogen and oxygen atoms in total. The monoisotopic (exact) mass is 276 g/mol. The van der Waals surface area contributed by atoms with Crippen molar-refractivity contribution in [1.29, 1.82) is 0 Å². The zero-order valence-electron chi connectivity index (χ0n) is 9.01. The molecule has 0 unspecified atom stereocenters. The van der Waals surface area contributed by atoms with Crippen LogP contribution in [-0.2, 0) is 6.18 Å². The van der Waals surface area contributed by atoms with Gasteiger partial charge in [-0.25, -0.2) is 0 Å². The van der Waals surface area contributed by atoms with Crippen molar-refractivity contribution in [3.05, 3.63) is 33.3 Å². The third-order valence-electron chi connectivity index (χ3n) is 0.878. The molecule has 0 aliphatic rings. The molecule has 60 valence electrons. The van der Waals surface area contributed by atoms with E-state index in [1.54, 1.807) is 0 Å². The van der Waals surface area contributed by atoms with Crippen LogP contribution < -0.4 is 0 Å². The third kappa shape index (κ3) is 2.36. The quantitative estimate of drug-likeness (QED) is 0.638. The van der Waals surface area contributed by atoms with Gasteiger partial charge < -0.3 is 0 Å². The Morgan fingerprint density at radius 3 is 2.55 bits per heavy atom. The third-order valence-corrected chi connectivity index (χ3v) is 1.42. The summed E-state index contributed by atoms with van der Waals surface area (Å²) in [5.41, 5.74) is -1.45. The van der Waals surface area contributed by atoms with Gasteiger partial charge in [0.2, 0.25) is 0 Å². The second-order valence-electron chi connectivity index (χ2n) is 1.69. The first kappa shape index (κ1) is 4.69. The molecule has 0 saturated carbocycles. The molecule has 4 heteroatoms. The van der Waals surface area contributed by atoms with Crippen LogP contribution in [0.4, 0.5) is 13.2 Å². The zero-order chi connectivity index (χ0) is 12.0. The predicted octanol–water partition coefficient (Wildman–Crippen LogP) is 3.31. The highest BCUT2D eigenvalue weighted by Gasteiger charge is 2.30. The molecule has 0 aromatic heterocycles. The maximum absolute atomic E-state index is 12.4. The fourth-order valence-electron chi connectivity index (χ4n) is 0.463. The van der Waals surface area contributed by atoms with Gasteiger partial charge in [-0.1, -0.05) is 6.04 Å². The molecule has 0 spiro atoms. The predicted molar refractivity (Wildman–Crippen MR) is 44.2 cm³/mol. The Labute approximate surface area is 81.2 Å². The Morgan fingerprint density at radius 2 is 2.00 bits per heavy atom. The maximum Gasteiger partial charge on any atom is 0.416 e. The largest absolute Gasteiger partial charge is 0.416 e. The Bertz CT molecular complexity index is 387. The second kappa shape index (κ2) is 3.00. The lowest BCUT2D eigenvalue weighted by atomic mass is 10.2. The summed E-state index contributed by atoms with van der Waals surface area (Å²) in [6.07, 6.45) is -4.84. The van der Waals surface area contributed by atoms with E-state index in [2.05, 4.69) is 0 Å². The van der Waals surface area contributed by atoms with Crippen molar-refractivity contribution in [1.82, 2.24) is 0 Å². The molecular formula is C7H4F3I. The lowest BCUT2D eigenvalue weighted by Crippen LogP contribution is -2.04. The average molecular weight is 276 g/mol. The van der Waals surface area contributed by atoms with Crippen molar-refractivity contribution in [2.24, 2.45) is 0 Å². The number of hydrogen-bond acceptors (Lipinski definition) is 0. The van der Waals surface area contributed by atoms with Gasteiger partial charge in [-0.05, 0) is 40.7 Å². The topological polar surface area (TPSA) is 0 Å². The van der Waals surface area contributed by atoms with Crippen molar-refractivity contribution >= 4 is 22.6 Å². The van der Waals surface area contributed by atoms with Crippen LogP contribution in [0.15, 0.2) is 24.2 Å². The van der Waals surface area contributed by atoms with Crippen LogP contribution in [-0.4, -0.2) is 0 Å². The van der Waals surface area contributed by atoms with E-state index < -0.39 is 35.9 Å². The molecule has 0 N–H and O–H groups in total. The van der Waals surface area contributed by atoms with Gasteiger partial charge in [0.15, 0.2) is 0 Å². The van der Waals surface area contributed by atoms with Gasteiger partial charge in [0.05, 0.1) is 11.0 Å².